The first-order valence-corrected chi connectivity index (χ1v) is 7.58. The Labute approximate surface area is 93.6 Å². The van der Waals surface area contributed by atoms with E-state index in [1.165, 1.54) is 0 Å². The van der Waals surface area contributed by atoms with Crippen molar-refractivity contribution in [3.63, 3.8) is 0 Å². The van der Waals surface area contributed by atoms with Crippen molar-refractivity contribution in [2.75, 3.05) is 12.3 Å². The number of rotatable bonds is 5. The van der Waals surface area contributed by atoms with E-state index in [0.717, 1.165) is 19.3 Å². The highest BCUT2D eigenvalue weighted by Crippen LogP contribution is 2.19. The molecule has 0 aromatic carbocycles. The summed E-state index contributed by atoms with van der Waals surface area (Å²) in [6.45, 7) is 7.13. The lowest BCUT2D eigenvalue weighted by atomic mass is 10.1. The Hall–Kier alpha value is -0.0900. The van der Waals surface area contributed by atoms with Gasteiger partial charge in [-0.25, -0.2) is 8.42 Å². The van der Waals surface area contributed by atoms with Crippen LogP contribution in [-0.2, 0) is 9.84 Å². The summed E-state index contributed by atoms with van der Waals surface area (Å²) in [7, 11) is -2.77. The third-order valence-electron chi connectivity index (χ3n) is 2.98. The first-order valence-electron chi connectivity index (χ1n) is 5.86. The summed E-state index contributed by atoms with van der Waals surface area (Å²) in [5.41, 5.74) is 0. The second-order valence-corrected chi connectivity index (χ2v) is 7.47. The smallest absolute Gasteiger partial charge is 0.154 e. The molecule has 1 saturated heterocycles. The number of nitrogens with one attached hydrogen (secondary N) is 1. The second-order valence-electron chi connectivity index (χ2n) is 5.07. The normalized spacial score (nSPS) is 27.1. The fourth-order valence-electron chi connectivity index (χ4n) is 2.21. The Kier molecular flexibility index (Phi) is 4.59. The zero-order valence-corrected chi connectivity index (χ0v) is 10.8. The maximum atomic E-state index is 11.6. The summed E-state index contributed by atoms with van der Waals surface area (Å²) in [5, 5.41) is 3.20. The highest BCUT2D eigenvalue weighted by atomic mass is 32.2. The summed E-state index contributed by atoms with van der Waals surface area (Å²) in [5.74, 6) is 1.05. The highest BCUT2D eigenvalue weighted by Gasteiger charge is 2.30. The maximum Gasteiger partial charge on any atom is 0.154 e. The molecule has 2 atom stereocenters. The summed E-state index contributed by atoms with van der Waals surface area (Å²) >= 11 is 0. The zero-order chi connectivity index (χ0) is 11.5. The van der Waals surface area contributed by atoms with E-state index in [-0.39, 0.29) is 5.25 Å². The molecule has 1 N–H and O–H groups in total. The third-order valence-corrected chi connectivity index (χ3v) is 5.26. The standard InChI is InChI=1S/C11H23NO2S/c1-9(2)7-10(3)12-8-11-5-4-6-15(11,13)14/h9-12H,4-8H2,1-3H3. The molecule has 0 aromatic rings. The van der Waals surface area contributed by atoms with Gasteiger partial charge in [0.05, 0.1) is 11.0 Å². The van der Waals surface area contributed by atoms with Crippen LogP contribution >= 0.6 is 0 Å². The van der Waals surface area contributed by atoms with Gasteiger partial charge >= 0.3 is 0 Å². The minimum atomic E-state index is -2.77. The quantitative estimate of drug-likeness (QED) is 0.784. The minimum absolute atomic E-state index is 0.132. The van der Waals surface area contributed by atoms with Crippen molar-refractivity contribution in [2.24, 2.45) is 5.92 Å². The van der Waals surface area contributed by atoms with Gasteiger partial charge in [0, 0.05) is 12.6 Å². The van der Waals surface area contributed by atoms with Crippen LogP contribution in [0, 0.1) is 5.92 Å². The molecule has 0 aromatic heterocycles. The molecule has 1 fully saturated rings. The largest absolute Gasteiger partial charge is 0.313 e. The monoisotopic (exact) mass is 233 g/mol. The number of hydrogen-bond acceptors (Lipinski definition) is 3. The Morgan fingerprint density at radius 3 is 2.47 bits per heavy atom. The molecule has 0 saturated carbocycles. The van der Waals surface area contributed by atoms with E-state index in [1.54, 1.807) is 0 Å². The van der Waals surface area contributed by atoms with Gasteiger partial charge in [0.25, 0.3) is 0 Å². The lowest BCUT2D eigenvalue weighted by Crippen LogP contribution is -2.36. The molecule has 1 aliphatic heterocycles. The molecule has 1 rings (SSSR count). The number of sulfone groups is 1. The van der Waals surface area contributed by atoms with E-state index in [1.807, 2.05) is 0 Å². The molecule has 0 radical (unpaired) electrons. The van der Waals surface area contributed by atoms with Crippen molar-refractivity contribution in [3.8, 4) is 0 Å². The minimum Gasteiger partial charge on any atom is -0.313 e. The van der Waals surface area contributed by atoms with E-state index in [9.17, 15) is 8.42 Å². The van der Waals surface area contributed by atoms with Gasteiger partial charge in [0.15, 0.2) is 9.84 Å². The lowest BCUT2D eigenvalue weighted by molar-refractivity contribution is 0.438. The fourth-order valence-corrected chi connectivity index (χ4v) is 3.99. The molecular weight excluding hydrogens is 210 g/mol. The van der Waals surface area contributed by atoms with Crippen LogP contribution in [0.1, 0.15) is 40.0 Å². The average Bonchev–Trinajstić information content (AvgIpc) is 2.40. The van der Waals surface area contributed by atoms with Crippen molar-refractivity contribution in [2.45, 2.75) is 51.3 Å². The Balaban J connectivity index is 2.31. The topological polar surface area (TPSA) is 46.2 Å². The molecule has 3 nitrogen and oxygen atoms in total. The van der Waals surface area contributed by atoms with E-state index in [0.29, 0.717) is 24.3 Å². The molecule has 1 heterocycles. The Bertz CT molecular complexity index is 285. The lowest BCUT2D eigenvalue weighted by Gasteiger charge is -2.18. The van der Waals surface area contributed by atoms with Gasteiger partial charge in [-0.15, -0.1) is 0 Å². The van der Waals surface area contributed by atoms with Crippen LogP contribution in [0.2, 0.25) is 0 Å². The van der Waals surface area contributed by atoms with Crippen LogP contribution in [0.25, 0.3) is 0 Å². The van der Waals surface area contributed by atoms with Gasteiger partial charge in [0.1, 0.15) is 0 Å². The Morgan fingerprint density at radius 1 is 1.33 bits per heavy atom. The van der Waals surface area contributed by atoms with Gasteiger partial charge < -0.3 is 5.32 Å². The fraction of sp³-hybridized carbons (Fsp3) is 1.00. The van der Waals surface area contributed by atoms with Crippen molar-refractivity contribution >= 4 is 9.84 Å². The first-order chi connectivity index (χ1) is 6.92. The van der Waals surface area contributed by atoms with Gasteiger partial charge in [0.2, 0.25) is 0 Å². The van der Waals surface area contributed by atoms with E-state index in [2.05, 4.69) is 26.1 Å². The first kappa shape index (κ1) is 13.0. The van der Waals surface area contributed by atoms with Crippen LogP contribution in [-0.4, -0.2) is 32.0 Å². The zero-order valence-electron chi connectivity index (χ0n) is 9.99. The molecule has 0 spiro atoms. The van der Waals surface area contributed by atoms with Crippen LogP contribution in [0.15, 0.2) is 0 Å². The van der Waals surface area contributed by atoms with E-state index >= 15 is 0 Å². The summed E-state index contributed by atoms with van der Waals surface area (Å²) in [4.78, 5) is 0. The SMILES string of the molecule is CC(C)CC(C)NCC1CCCS1(=O)=O. The number of hydrogen-bond donors (Lipinski definition) is 1. The molecule has 90 valence electrons. The molecule has 0 amide bonds. The predicted octanol–water partition coefficient (Wildman–Crippen LogP) is 1.59. The van der Waals surface area contributed by atoms with Crippen molar-refractivity contribution in [1.82, 2.24) is 5.32 Å². The Morgan fingerprint density at radius 2 is 2.00 bits per heavy atom. The van der Waals surface area contributed by atoms with Crippen LogP contribution in [0.3, 0.4) is 0 Å². The van der Waals surface area contributed by atoms with Crippen LogP contribution < -0.4 is 5.32 Å². The summed E-state index contributed by atoms with van der Waals surface area (Å²) < 4.78 is 23.1. The molecule has 0 bridgehead atoms. The van der Waals surface area contributed by atoms with Crippen LogP contribution in [0.4, 0.5) is 0 Å². The van der Waals surface area contributed by atoms with E-state index < -0.39 is 9.84 Å². The third kappa shape index (κ3) is 4.11. The summed E-state index contributed by atoms with van der Waals surface area (Å²) in [6, 6.07) is 0.417. The van der Waals surface area contributed by atoms with Gasteiger partial charge in [-0.1, -0.05) is 13.8 Å². The molecule has 4 heteroatoms. The molecule has 2 unspecified atom stereocenters. The highest BCUT2D eigenvalue weighted by molar-refractivity contribution is 7.92. The van der Waals surface area contributed by atoms with Crippen molar-refractivity contribution in [3.05, 3.63) is 0 Å². The van der Waals surface area contributed by atoms with Crippen molar-refractivity contribution in [1.29, 1.82) is 0 Å². The predicted molar refractivity (Wildman–Crippen MR) is 63.7 cm³/mol. The molecule has 0 aliphatic carbocycles. The maximum absolute atomic E-state index is 11.6. The van der Waals surface area contributed by atoms with Gasteiger partial charge in [-0.2, -0.15) is 0 Å². The van der Waals surface area contributed by atoms with Crippen molar-refractivity contribution < 1.29 is 8.42 Å². The molecule has 15 heavy (non-hydrogen) atoms. The summed E-state index contributed by atoms with van der Waals surface area (Å²) in [6.07, 6.45) is 2.78. The van der Waals surface area contributed by atoms with Gasteiger partial charge in [-0.3, -0.25) is 0 Å². The molecular formula is C11H23NO2S. The van der Waals surface area contributed by atoms with Gasteiger partial charge in [-0.05, 0) is 32.1 Å². The van der Waals surface area contributed by atoms with E-state index in [4.69, 9.17) is 0 Å². The second kappa shape index (κ2) is 5.30. The van der Waals surface area contributed by atoms with Crippen LogP contribution in [0.5, 0.6) is 0 Å². The molecule has 1 aliphatic rings. The average molecular weight is 233 g/mol.